The van der Waals surface area contributed by atoms with E-state index in [0.717, 1.165) is 32.2 Å². The third-order valence-electron chi connectivity index (χ3n) is 3.85. The number of hydrogen-bond donors (Lipinski definition) is 2. The fourth-order valence-electron chi connectivity index (χ4n) is 2.78. The molecular formula is C13H25ClN2O3S. The number of nitrogens with one attached hydrogen (secondary N) is 2. The summed E-state index contributed by atoms with van der Waals surface area (Å²) in [4.78, 5) is 12.1. The van der Waals surface area contributed by atoms with Gasteiger partial charge in [-0.1, -0.05) is 13.3 Å². The molecule has 1 saturated carbocycles. The Morgan fingerprint density at radius 3 is 2.90 bits per heavy atom. The van der Waals surface area contributed by atoms with Crippen LogP contribution in [0.3, 0.4) is 0 Å². The van der Waals surface area contributed by atoms with Crippen LogP contribution < -0.4 is 10.6 Å². The average molecular weight is 325 g/mol. The lowest BCUT2D eigenvalue weighted by atomic mass is 9.95. The van der Waals surface area contributed by atoms with E-state index >= 15 is 0 Å². The number of ether oxygens (including phenoxy) is 1. The Bertz CT molecular complexity index is 338. The maximum absolute atomic E-state index is 12.1. The van der Waals surface area contributed by atoms with Crippen molar-refractivity contribution in [1.82, 2.24) is 10.6 Å². The fraction of sp³-hybridized carbons (Fsp3) is 0.923. The quantitative estimate of drug-likeness (QED) is 0.794. The van der Waals surface area contributed by atoms with E-state index in [1.165, 1.54) is 0 Å². The van der Waals surface area contributed by atoms with Crippen molar-refractivity contribution in [1.29, 1.82) is 0 Å². The molecule has 0 aromatic rings. The van der Waals surface area contributed by atoms with Gasteiger partial charge in [0.25, 0.3) is 5.91 Å². The summed E-state index contributed by atoms with van der Waals surface area (Å²) >= 11 is 0. The summed E-state index contributed by atoms with van der Waals surface area (Å²) < 4.78 is 17.3. The van der Waals surface area contributed by atoms with Crippen molar-refractivity contribution in [3.05, 3.63) is 0 Å². The first-order valence-electron chi connectivity index (χ1n) is 7.20. The number of rotatable bonds is 4. The molecule has 20 heavy (non-hydrogen) atoms. The first-order valence-corrected chi connectivity index (χ1v) is 8.58. The van der Waals surface area contributed by atoms with E-state index in [0.29, 0.717) is 18.9 Å². The molecule has 1 amide bonds. The molecule has 5 nitrogen and oxygen atoms in total. The van der Waals surface area contributed by atoms with Crippen LogP contribution in [0.1, 0.15) is 32.6 Å². The van der Waals surface area contributed by atoms with Crippen molar-refractivity contribution < 1.29 is 13.7 Å². The minimum Gasteiger partial charge on any atom is -0.366 e. The highest BCUT2D eigenvalue weighted by atomic mass is 35.5. The molecule has 1 saturated heterocycles. The topological polar surface area (TPSA) is 67.4 Å². The summed E-state index contributed by atoms with van der Waals surface area (Å²) in [6.07, 6.45) is 3.53. The molecular weight excluding hydrogens is 300 g/mol. The highest BCUT2D eigenvalue weighted by Gasteiger charge is 2.29. The number of hydrogen-bond acceptors (Lipinski definition) is 4. The van der Waals surface area contributed by atoms with Gasteiger partial charge in [0.2, 0.25) is 0 Å². The van der Waals surface area contributed by atoms with Crippen molar-refractivity contribution >= 4 is 29.1 Å². The van der Waals surface area contributed by atoms with Gasteiger partial charge in [0.05, 0.1) is 6.61 Å². The van der Waals surface area contributed by atoms with Crippen LogP contribution in [-0.2, 0) is 20.3 Å². The summed E-state index contributed by atoms with van der Waals surface area (Å²) in [6, 6.07) is 0.160. The van der Waals surface area contributed by atoms with E-state index < -0.39 is 10.8 Å². The highest BCUT2D eigenvalue weighted by molar-refractivity contribution is 7.85. The first kappa shape index (κ1) is 17.9. The van der Waals surface area contributed by atoms with Gasteiger partial charge in [-0.05, 0) is 19.3 Å². The van der Waals surface area contributed by atoms with E-state index in [1.54, 1.807) is 0 Å². The number of halogens is 1. The summed E-state index contributed by atoms with van der Waals surface area (Å²) in [7, 11) is -0.749. The molecule has 2 aliphatic rings. The van der Waals surface area contributed by atoms with Gasteiger partial charge in [0.1, 0.15) is 6.10 Å². The molecule has 4 unspecified atom stereocenters. The normalized spacial score (nSPS) is 31.9. The predicted octanol–water partition coefficient (Wildman–Crippen LogP) is 0.593. The van der Waals surface area contributed by atoms with Crippen molar-refractivity contribution in [3.63, 3.8) is 0 Å². The minimum absolute atomic E-state index is 0. The summed E-state index contributed by atoms with van der Waals surface area (Å²) in [6.45, 7) is 3.94. The maximum Gasteiger partial charge on any atom is 0.250 e. The van der Waals surface area contributed by atoms with Crippen LogP contribution in [0.2, 0.25) is 0 Å². The molecule has 0 radical (unpaired) electrons. The van der Waals surface area contributed by atoms with Gasteiger partial charge in [-0.25, -0.2) is 0 Å². The molecule has 2 fully saturated rings. The van der Waals surface area contributed by atoms with Crippen molar-refractivity contribution in [2.24, 2.45) is 0 Å². The summed E-state index contributed by atoms with van der Waals surface area (Å²) in [5, 5.41) is 6.46. The van der Waals surface area contributed by atoms with Crippen molar-refractivity contribution in [2.75, 3.05) is 25.4 Å². The van der Waals surface area contributed by atoms with Crippen molar-refractivity contribution in [2.45, 2.75) is 50.0 Å². The van der Waals surface area contributed by atoms with Gasteiger partial charge in [-0.15, -0.1) is 12.4 Å². The zero-order chi connectivity index (χ0) is 13.7. The molecule has 2 rings (SSSR count). The van der Waals surface area contributed by atoms with Gasteiger partial charge in [0.15, 0.2) is 0 Å². The summed E-state index contributed by atoms with van der Waals surface area (Å²) in [5.41, 5.74) is 0. The maximum atomic E-state index is 12.1. The second-order valence-corrected chi connectivity index (χ2v) is 7.23. The van der Waals surface area contributed by atoms with Gasteiger partial charge in [-0.2, -0.15) is 0 Å². The van der Waals surface area contributed by atoms with Crippen LogP contribution in [0.25, 0.3) is 0 Å². The summed E-state index contributed by atoms with van der Waals surface area (Å²) in [5.74, 6) is 0.682. The van der Waals surface area contributed by atoms with E-state index in [1.807, 2.05) is 6.92 Å². The molecule has 1 aliphatic heterocycles. The Morgan fingerprint density at radius 1 is 1.45 bits per heavy atom. The van der Waals surface area contributed by atoms with Gasteiger partial charge >= 0.3 is 0 Å². The lowest BCUT2D eigenvalue weighted by Crippen LogP contribution is -2.51. The van der Waals surface area contributed by atoms with E-state index in [2.05, 4.69) is 10.6 Å². The zero-order valence-electron chi connectivity index (χ0n) is 11.9. The smallest absolute Gasteiger partial charge is 0.250 e. The van der Waals surface area contributed by atoms with E-state index in [9.17, 15) is 9.00 Å². The second-order valence-electron chi connectivity index (χ2n) is 5.23. The largest absolute Gasteiger partial charge is 0.366 e. The van der Waals surface area contributed by atoms with Crippen molar-refractivity contribution in [3.8, 4) is 0 Å². The Kier molecular flexibility index (Phi) is 8.02. The second kappa shape index (κ2) is 8.97. The highest BCUT2D eigenvalue weighted by Crippen LogP contribution is 2.23. The molecule has 2 N–H and O–H groups in total. The first-order chi connectivity index (χ1) is 9.20. The zero-order valence-corrected chi connectivity index (χ0v) is 13.6. The molecule has 118 valence electrons. The number of carbonyl (C=O) groups is 1. The third-order valence-corrected chi connectivity index (χ3v) is 5.59. The lowest BCUT2D eigenvalue weighted by Gasteiger charge is -2.31. The van der Waals surface area contributed by atoms with Gasteiger partial charge in [-0.3, -0.25) is 9.00 Å². The van der Waals surface area contributed by atoms with Gasteiger partial charge in [0, 0.05) is 40.9 Å². The Morgan fingerprint density at radius 2 is 2.25 bits per heavy atom. The third kappa shape index (κ3) is 4.98. The van der Waals surface area contributed by atoms with Crippen LogP contribution in [-0.4, -0.2) is 53.0 Å². The Balaban J connectivity index is 0.00000200. The molecule has 1 aliphatic carbocycles. The van der Waals surface area contributed by atoms with E-state index in [4.69, 9.17) is 4.74 Å². The van der Waals surface area contributed by atoms with Gasteiger partial charge < -0.3 is 15.4 Å². The lowest BCUT2D eigenvalue weighted by molar-refractivity contribution is -0.135. The molecule has 4 atom stereocenters. The standard InChI is InChI=1S/C13H24N2O3S.ClH/c1-2-19(17)11-5-3-4-10(8-11)15-13(16)12-9-14-6-7-18-12;/h10-12,14H,2-9H2,1H3,(H,15,16);1H. The van der Waals surface area contributed by atoms with E-state index in [-0.39, 0.29) is 35.7 Å². The van der Waals surface area contributed by atoms with Crippen LogP contribution >= 0.6 is 12.4 Å². The molecule has 7 heteroatoms. The number of amides is 1. The molecule has 0 bridgehead atoms. The minimum atomic E-state index is -0.749. The molecule has 0 aromatic carbocycles. The molecule has 0 spiro atoms. The Labute approximate surface area is 129 Å². The SMILES string of the molecule is CCS(=O)C1CCCC(NC(=O)C2CNCCO2)C1.Cl. The van der Waals surface area contributed by atoms with Crippen LogP contribution in [0, 0.1) is 0 Å². The molecule has 0 aromatic heterocycles. The number of carbonyl (C=O) groups excluding carboxylic acids is 1. The average Bonchev–Trinajstić information content (AvgIpc) is 2.47. The Hall–Kier alpha value is -0.170. The van der Waals surface area contributed by atoms with Crippen LogP contribution in [0.4, 0.5) is 0 Å². The predicted molar refractivity (Wildman–Crippen MR) is 82.7 cm³/mol. The number of morpholine rings is 1. The fourth-order valence-corrected chi connectivity index (χ4v) is 4.13. The molecule has 1 heterocycles. The monoisotopic (exact) mass is 324 g/mol. The van der Waals surface area contributed by atoms with Crippen LogP contribution in [0.5, 0.6) is 0 Å². The van der Waals surface area contributed by atoms with Crippen LogP contribution in [0.15, 0.2) is 0 Å².